The quantitative estimate of drug-likeness (QED) is 0.357. The Balaban J connectivity index is 1.32. The van der Waals surface area contributed by atoms with Crippen LogP contribution in [0.2, 0.25) is 0 Å². The molecule has 0 amide bonds. The zero-order chi connectivity index (χ0) is 22.5. The van der Waals surface area contributed by atoms with E-state index in [0.717, 1.165) is 58.5 Å². The average molecular weight is 437 g/mol. The number of benzene rings is 3. The molecular weight excluding hydrogens is 412 g/mol. The van der Waals surface area contributed by atoms with Crippen molar-refractivity contribution in [1.29, 1.82) is 5.26 Å². The number of hydrogen-bond donors (Lipinski definition) is 0. The molecule has 1 aliphatic heterocycles. The maximum Gasteiger partial charge on any atom is 0.199 e. The second-order valence-corrected chi connectivity index (χ2v) is 8.05. The van der Waals surface area contributed by atoms with Crippen LogP contribution in [0.4, 0.5) is 0 Å². The molecule has 1 aromatic heterocycles. The molecule has 1 atom stereocenters. The number of hydrogen-bond acceptors (Lipinski definition) is 5. The lowest BCUT2D eigenvalue weighted by molar-refractivity contribution is -0.105. The van der Waals surface area contributed by atoms with Crippen molar-refractivity contribution in [3.63, 3.8) is 0 Å². The number of fused-ring (bicyclic) bond motifs is 1. The number of rotatable bonds is 6. The van der Waals surface area contributed by atoms with Gasteiger partial charge in [0, 0.05) is 17.4 Å². The smallest absolute Gasteiger partial charge is 0.199 e. The standard InChI is InChI=1S/C28H24N2O3/c29-18-20-8-15-27(33-28-7-3-4-16-31-28)25(17-20)21-10-13-24(14-11-21)32-19-23-12-9-22-5-1-2-6-26(22)30-23/h1-2,5-6,8-15,17,28H,3-4,7,16,19H2. The van der Waals surface area contributed by atoms with Crippen molar-refractivity contribution in [2.45, 2.75) is 32.2 Å². The first-order valence-electron chi connectivity index (χ1n) is 11.2. The summed E-state index contributed by atoms with van der Waals surface area (Å²) in [6, 6.07) is 27.6. The minimum atomic E-state index is -0.248. The fraction of sp³-hybridized carbons (Fsp3) is 0.214. The molecule has 1 fully saturated rings. The van der Waals surface area contributed by atoms with Gasteiger partial charge in [0.25, 0.3) is 0 Å². The Bertz CT molecular complexity index is 1290. The van der Waals surface area contributed by atoms with E-state index in [1.165, 1.54) is 0 Å². The second-order valence-electron chi connectivity index (χ2n) is 8.05. The van der Waals surface area contributed by atoms with Crippen LogP contribution in [0.25, 0.3) is 22.0 Å². The van der Waals surface area contributed by atoms with Crippen molar-refractivity contribution in [2.75, 3.05) is 6.61 Å². The molecule has 33 heavy (non-hydrogen) atoms. The fourth-order valence-electron chi connectivity index (χ4n) is 3.95. The molecule has 0 spiro atoms. The molecule has 0 bridgehead atoms. The van der Waals surface area contributed by atoms with Gasteiger partial charge >= 0.3 is 0 Å². The Morgan fingerprint density at radius 2 is 1.85 bits per heavy atom. The number of nitriles is 1. The molecular formula is C28H24N2O3. The van der Waals surface area contributed by atoms with Gasteiger partial charge in [-0.3, -0.25) is 0 Å². The zero-order valence-corrected chi connectivity index (χ0v) is 18.2. The lowest BCUT2D eigenvalue weighted by atomic mass is 10.0. The summed E-state index contributed by atoms with van der Waals surface area (Å²) in [4.78, 5) is 4.66. The number of para-hydroxylation sites is 1. The van der Waals surface area contributed by atoms with Gasteiger partial charge < -0.3 is 14.2 Å². The van der Waals surface area contributed by atoms with Gasteiger partial charge in [-0.25, -0.2) is 4.98 Å². The third-order valence-corrected chi connectivity index (χ3v) is 5.71. The molecule has 164 valence electrons. The van der Waals surface area contributed by atoms with Gasteiger partial charge in [0.1, 0.15) is 18.1 Å². The molecule has 5 rings (SSSR count). The van der Waals surface area contributed by atoms with Crippen LogP contribution >= 0.6 is 0 Å². The molecule has 1 aliphatic rings. The van der Waals surface area contributed by atoms with Crippen molar-refractivity contribution >= 4 is 10.9 Å². The normalized spacial score (nSPS) is 15.7. The predicted molar refractivity (Wildman–Crippen MR) is 127 cm³/mol. The lowest BCUT2D eigenvalue weighted by Gasteiger charge is -2.24. The maximum atomic E-state index is 9.37. The number of nitrogens with zero attached hydrogens (tertiary/aromatic N) is 2. The fourth-order valence-corrected chi connectivity index (χ4v) is 3.95. The van der Waals surface area contributed by atoms with Crippen LogP contribution in [0.15, 0.2) is 78.9 Å². The molecule has 5 nitrogen and oxygen atoms in total. The highest BCUT2D eigenvalue weighted by Crippen LogP contribution is 2.34. The summed E-state index contributed by atoms with van der Waals surface area (Å²) in [5, 5.41) is 10.5. The third-order valence-electron chi connectivity index (χ3n) is 5.71. The SMILES string of the molecule is N#Cc1ccc(OC2CCCCO2)c(-c2ccc(OCc3ccc4ccccc4n3)cc2)c1. The predicted octanol–water partition coefficient (Wildman–Crippen LogP) is 6.26. The number of pyridine rings is 1. The minimum Gasteiger partial charge on any atom is -0.487 e. The van der Waals surface area contributed by atoms with Crippen molar-refractivity contribution in [2.24, 2.45) is 0 Å². The van der Waals surface area contributed by atoms with Crippen molar-refractivity contribution in [1.82, 2.24) is 4.98 Å². The zero-order valence-electron chi connectivity index (χ0n) is 18.2. The van der Waals surface area contributed by atoms with Gasteiger partial charge in [-0.15, -0.1) is 0 Å². The van der Waals surface area contributed by atoms with Crippen LogP contribution in [0.3, 0.4) is 0 Å². The number of ether oxygens (including phenoxy) is 3. The Morgan fingerprint density at radius 3 is 2.67 bits per heavy atom. The van der Waals surface area contributed by atoms with E-state index in [-0.39, 0.29) is 6.29 Å². The van der Waals surface area contributed by atoms with Gasteiger partial charge in [-0.1, -0.05) is 36.4 Å². The van der Waals surface area contributed by atoms with Gasteiger partial charge in [0.2, 0.25) is 0 Å². The molecule has 5 heteroatoms. The van der Waals surface area contributed by atoms with Crippen LogP contribution < -0.4 is 9.47 Å². The van der Waals surface area contributed by atoms with E-state index in [9.17, 15) is 5.26 Å². The largest absolute Gasteiger partial charge is 0.487 e. The van der Waals surface area contributed by atoms with E-state index < -0.39 is 0 Å². The van der Waals surface area contributed by atoms with E-state index in [2.05, 4.69) is 17.1 Å². The minimum absolute atomic E-state index is 0.248. The van der Waals surface area contributed by atoms with Crippen LogP contribution in [-0.2, 0) is 11.3 Å². The average Bonchev–Trinajstić information content (AvgIpc) is 2.88. The first-order valence-corrected chi connectivity index (χ1v) is 11.2. The number of aromatic nitrogens is 1. The Morgan fingerprint density at radius 1 is 0.970 bits per heavy atom. The van der Waals surface area contributed by atoms with Crippen LogP contribution in [0.5, 0.6) is 11.5 Å². The highest BCUT2D eigenvalue weighted by Gasteiger charge is 2.18. The highest BCUT2D eigenvalue weighted by molar-refractivity contribution is 5.78. The van der Waals surface area contributed by atoms with Crippen molar-refractivity contribution < 1.29 is 14.2 Å². The molecule has 3 aromatic carbocycles. The summed E-state index contributed by atoms with van der Waals surface area (Å²) < 4.78 is 17.8. The summed E-state index contributed by atoms with van der Waals surface area (Å²) in [6.45, 7) is 1.11. The van der Waals surface area contributed by atoms with Gasteiger partial charge in [-0.2, -0.15) is 5.26 Å². The summed E-state index contributed by atoms with van der Waals surface area (Å²) in [6.07, 6.45) is 2.78. The monoisotopic (exact) mass is 436 g/mol. The second kappa shape index (κ2) is 9.72. The van der Waals surface area contributed by atoms with Gasteiger partial charge in [0.05, 0.1) is 29.5 Å². The molecule has 1 unspecified atom stereocenters. The summed E-state index contributed by atoms with van der Waals surface area (Å²) in [5.74, 6) is 1.47. The maximum absolute atomic E-state index is 9.37. The van der Waals surface area contributed by atoms with Crippen LogP contribution in [-0.4, -0.2) is 17.9 Å². The van der Waals surface area contributed by atoms with Gasteiger partial charge in [0.15, 0.2) is 6.29 Å². The molecule has 4 aromatic rings. The molecule has 0 aliphatic carbocycles. The Hall–Kier alpha value is -3.88. The van der Waals surface area contributed by atoms with Crippen molar-refractivity contribution in [3.8, 4) is 28.7 Å². The first-order chi connectivity index (χ1) is 16.3. The molecule has 0 radical (unpaired) electrons. The first kappa shape index (κ1) is 21.0. The lowest BCUT2D eigenvalue weighted by Crippen LogP contribution is -2.25. The highest BCUT2D eigenvalue weighted by atomic mass is 16.7. The van der Waals surface area contributed by atoms with E-state index in [4.69, 9.17) is 14.2 Å². The van der Waals surface area contributed by atoms with Crippen LogP contribution in [0.1, 0.15) is 30.5 Å². The topological polar surface area (TPSA) is 64.4 Å². The Labute approximate surface area is 193 Å². The van der Waals surface area contributed by atoms with Crippen molar-refractivity contribution in [3.05, 3.63) is 90.1 Å². The molecule has 2 heterocycles. The van der Waals surface area contributed by atoms with E-state index in [0.29, 0.717) is 18.8 Å². The molecule has 1 saturated heterocycles. The van der Waals surface area contributed by atoms with E-state index >= 15 is 0 Å². The van der Waals surface area contributed by atoms with Crippen LogP contribution in [0, 0.1) is 11.3 Å². The molecule has 0 saturated carbocycles. The molecule has 0 N–H and O–H groups in total. The summed E-state index contributed by atoms with van der Waals surface area (Å²) in [5.41, 5.74) is 4.24. The summed E-state index contributed by atoms with van der Waals surface area (Å²) >= 11 is 0. The Kier molecular flexibility index (Phi) is 6.19. The third kappa shape index (κ3) is 4.97. The van der Waals surface area contributed by atoms with E-state index in [1.807, 2.05) is 66.7 Å². The van der Waals surface area contributed by atoms with E-state index in [1.54, 1.807) is 6.07 Å². The van der Waals surface area contributed by atoms with Gasteiger partial charge in [-0.05, 0) is 60.9 Å². The summed E-state index contributed by atoms with van der Waals surface area (Å²) in [7, 11) is 0.